The molecule has 0 saturated carbocycles. The third-order valence-electron chi connectivity index (χ3n) is 2.84. The van der Waals surface area contributed by atoms with Gasteiger partial charge in [-0.05, 0) is 20.3 Å². The van der Waals surface area contributed by atoms with Crippen LogP contribution < -0.4 is 16.0 Å². The van der Waals surface area contributed by atoms with Gasteiger partial charge in [-0.15, -0.1) is 0 Å². The van der Waals surface area contributed by atoms with Crippen LogP contribution in [-0.4, -0.2) is 35.5 Å². The first-order valence-corrected chi connectivity index (χ1v) is 7.24. The van der Waals surface area contributed by atoms with Crippen molar-refractivity contribution in [3.05, 3.63) is 11.4 Å². The highest BCUT2D eigenvalue weighted by molar-refractivity contribution is 5.80. The summed E-state index contributed by atoms with van der Waals surface area (Å²) >= 11 is 0. The minimum absolute atomic E-state index is 0.0355. The van der Waals surface area contributed by atoms with Crippen molar-refractivity contribution in [2.24, 2.45) is 0 Å². The third-order valence-corrected chi connectivity index (χ3v) is 2.84. The molecule has 3 N–H and O–H groups in total. The molecule has 112 valence electrons. The van der Waals surface area contributed by atoms with Gasteiger partial charge in [-0.1, -0.05) is 13.8 Å². The van der Waals surface area contributed by atoms with Crippen LogP contribution in [0.4, 0.5) is 11.6 Å². The van der Waals surface area contributed by atoms with Crippen LogP contribution in [0.3, 0.4) is 0 Å². The Morgan fingerprint density at radius 2 is 1.75 bits per heavy atom. The molecule has 1 rings (SSSR count). The van der Waals surface area contributed by atoms with E-state index in [-0.39, 0.29) is 12.5 Å². The van der Waals surface area contributed by atoms with Gasteiger partial charge in [0.25, 0.3) is 0 Å². The summed E-state index contributed by atoms with van der Waals surface area (Å²) in [6, 6.07) is 0. The molecule has 1 aromatic heterocycles. The maximum Gasteiger partial charge on any atom is 0.239 e. The summed E-state index contributed by atoms with van der Waals surface area (Å²) in [5.74, 6) is 2.30. The number of anilines is 2. The summed E-state index contributed by atoms with van der Waals surface area (Å²) in [5, 5.41) is 9.14. The van der Waals surface area contributed by atoms with Crippen LogP contribution in [0.2, 0.25) is 0 Å². The number of hydrogen-bond donors (Lipinski definition) is 3. The Balaban J connectivity index is 2.85. The lowest BCUT2D eigenvalue weighted by molar-refractivity contribution is -0.119. The molecule has 0 aliphatic heterocycles. The Kier molecular flexibility index (Phi) is 6.76. The molecule has 0 radical (unpaired) electrons. The smallest absolute Gasteiger partial charge is 0.239 e. The Labute approximate surface area is 120 Å². The van der Waals surface area contributed by atoms with Crippen molar-refractivity contribution in [1.82, 2.24) is 15.3 Å². The summed E-state index contributed by atoms with van der Waals surface area (Å²) in [5.41, 5.74) is 0.944. The number of rotatable bonds is 8. The van der Waals surface area contributed by atoms with Gasteiger partial charge in [0.15, 0.2) is 0 Å². The minimum Gasteiger partial charge on any atom is -0.370 e. The van der Waals surface area contributed by atoms with Gasteiger partial charge in [0.2, 0.25) is 5.91 Å². The second-order valence-corrected chi connectivity index (χ2v) is 4.55. The molecule has 6 heteroatoms. The molecule has 0 fully saturated rings. The molecule has 1 aromatic rings. The summed E-state index contributed by atoms with van der Waals surface area (Å²) < 4.78 is 0. The Hall–Kier alpha value is -1.85. The van der Waals surface area contributed by atoms with E-state index in [9.17, 15) is 4.79 Å². The topological polar surface area (TPSA) is 78.9 Å². The first-order chi connectivity index (χ1) is 9.62. The molecule has 0 atom stereocenters. The van der Waals surface area contributed by atoms with Crippen LogP contribution >= 0.6 is 0 Å². The van der Waals surface area contributed by atoms with E-state index in [0.717, 1.165) is 42.4 Å². The molecule has 20 heavy (non-hydrogen) atoms. The maximum atomic E-state index is 11.5. The summed E-state index contributed by atoms with van der Waals surface area (Å²) in [6.45, 7) is 9.71. The van der Waals surface area contributed by atoms with Gasteiger partial charge in [-0.2, -0.15) is 0 Å². The molecular formula is C14H25N5O. The molecule has 1 amide bonds. The average Bonchev–Trinajstić information content (AvgIpc) is 2.45. The number of amides is 1. The van der Waals surface area contributed by atoms with Crippen LogP contribution in [0.1, 0.15) is 38.6 Å². The number of carbonyl (C=O) groups excluding carboxylic acids is 1. The number of likely N-dealkylation sites (N-methyl/N-ethyl adjacent to an activating group) is 1. The standard InChI is InChI=1S/C14H25N5O/c1-5-8-16-13-10(4)14(19-11(6-2)18-13)17-9-12(20)15-7-3/h5-9H2,1-4H3,(H,15,20)(H2,16,17,18,19). The van der Waals surface area contributed by atoms with Crippen LogP contribution in [0.25, 0.3) is 0 Å². The lowest BCUT2D eigenvalue weighted by Gasteiger charge is -2.14. The van der Waals surface area contributed by atoms with Crippen LogP contribution in [0.5, 0.6) is 0 Å². The Morgan fingerprint density at radius 1 is 1.10 bits per heavy atom. The molecule has 0 bridgehead atoms. The van der Waals surface area contributed by atoms with E-state index in [2.05, 4.69) is 32.8 Å². The maximum absolute atomic E-state index is 11.5. The number of carbonyl (C=O) groups is 1. The fraction of sp³-hybridized carbons (Fsp3) is 0.643. The van der Waals surface area contributed by atoms with Crippen molar-refractivity contribution in [3.8, 4) is 0 Å². The fourth-order valence-electron chi connectivity index (χ4n) is 1.73. The monoisotopic (exact) mass is 279 g/mol. The predicted octanol–water partition coefficient (Wildman–Crippen LogP) is 1.72. The minimum atomic E-state index is -0.0355. The van der Waals surface area contributed by atoms with Gasteiger partial charge in [0, 0.05) is 25.1 Å². The summed E-state index contributed by atoms with van der Waals surface area (Å²) in [7, 11) is 0. The van der Waals surface area contributed by atoms with Gasteiger partial charge in [-0.3, -0.25) is 4.79 Å². The van der Waals surface area contributed by atoms with Crippen molar-refractivity contribution >= 4 is 17.5 Å². The second-order valence-electron chi connectivity index (χ2n) is 4.55. The van der Waals surface area contributed by atoms with Crippen molar-refractivity contribution in [2.75, 3.05) is 30.3 Å². The second kappa shape index (κ2) is 8.35. The van der Waals surface area contributed by atoms with Crippen LogP contribution in [0.15, 0.2) is 0 Å². The highest BCUT2D eigenvalue weighted by Gasteiger charge is 2.10. The number of nitrogens with one attached hydrogen (secondary N) is 3. The van der Waals surface area contributed by atoms with E-state index in [1.54, 1.807) is 0 Å². The van der Waals surface area contributed by atoms with E-state index in [1.165, 1.54) is 0 Å². The molecular weight excluding hydrogens is 254 g/mol. The largest absolute Gasteiger partial charge is 0.370 e. The van der Waals surface area contributed by atoms with E-state index in [0.29, 0.717) is 6.54 Å². The number of hydrogen-bond acceptors (Lipinski definition) is 5. The van der Waals surface area contributed by atoms with Crippen molar-refractivity contribution in [1.29, 1.82) is 0 Å². The molecule has 0 unspecified atom stereocenters. The number of nitrogens with zero attached hydrogens (tertiary/aromatic N) is 2. The Bertz CT molecular complexity index is 447. The van der Waals surface area contributed by atoms with Gasteiger partial charge in [0.05, 0.1) is 6.54 Å². The van der Waals surface area contributed by atoms with Gasteiger partial charge < -0.3 is 16.0 Å². The van der Waals surface area contributed by atoms with Gasteiger partial charge in [0.1, 0.15) is 17.5 Å². The van der Waals surface area contributed by atoms with Crippen molar-refractivity contribution < 1.29 is 4.79 Å². The van der Waals surface area contributed by atoms with Crippen LogP contribution in [0, 0.1) is 6.92 Å². The fourth-order valence-corrected chi connectivity index (χ4v) is 1.73. The van der Waals surface area contributed by atoms with Gasteiger partial charge in [-0.25, -0.2) is 9.97 Å². The number of aromatic nitrogens is 2. The zero-order valence-electron chi connectivity index (χ0n) is 12.8. The molecule has 0 saturated heterocycles. The molecule has 6 nitrogen and oxygen atoms in total. The lowest BCUT2D eigenvalue weighted by Crippen LogP contribution is -2.30. The Morgan fingerprint density at radius 3 is 2.30 bits per heavy atom. The molecule has 0 aromatic carbocycles. The lowest BCUT2D eigenvalue weighted by atomic mass is 10.2. The molecule has 0 aliphatic carbocycles. The van der Waals surface area contributed by atoms with Gasteiger partial charge >= 0.3 is 0 Å². The van der Waals surface area contributed by atoms with Crippen molar-refractivity contribution in [3.63, 3.8) is 0 Å². The average molecular weight is 279 g/mol. The number of aryl methyl sites for hydroxylation is 1. The zero-order chi connectivity index (χ0) is 15.0. The van der Waals surface area contributed by atoms with E-state index < -0.39 is 0 Å². The molecule has 0 spiro atoms. The first-order valence-electron chi connectivity index (χ1n) is 7.24. The van der Waals surface area contributed by atoms with E-state index in [4.69, 9.17) is 0 Å². The predicted molar refractivity (Wildman–Crippen MR) is 82.1 cm³/mol. The quantitative estimate of drug-likeness (QED) is 0.675. The SMILES string of the molecule is CCCNc1nc(CC)nc(NCC(=O)NCC)c1C. The normalized spacial score (nSPS) is 10.2. The molecule has 1 heterocycles. The third kappa shape index (κ3) is 4.68. The summed E-state index contributed by atoms with van der Waals surface area (Å²) in [4.78, 5) is 20.4. The zero-order valence-corrected chi connectivity index (χ0v) is 12.8. The van der Waals surface area contributed by atoms with E-state index >= 15 is 0 Å². The highest BCUT2D eigenvalue weighted by atomic mass is 16.1. The molecule has 0 aliphatic rings. The van der Waals surface area contributed by atoms with Crippen LogP contribution in [-0.2, 0) is 11.2 Å². The highest BCUT2D eigenvalue weighted by Crippen LogP contribution is 2.20. The van der Waals surface area contributed by atoms with E-state index in [1.807, 2.05) is 20.8 Å². The van der Waals surface area contributed by atoms with Crippen molar-refractivity contribution in [2.45, 2.75) is 40.5 Å². The summed E-state index contributed by atoms with van der Waals surface area (Å²) in [6.07, 6.45) is 1.80. The first kappa shape index (κ1) is 16.2.